The van der Waals surface area contributed by atoms with E-state index >= 15 is 0 Å². The Kier molecular flexibility index (Phi) is 7.46. The van der Waals surface area contributed by atoms with Crippen LogP contribution in [0.3, 0.4) is 0 Å². The maximum absolute atomic E-state index is 13.8. The van der Waals surface area contributed by atoms with Gasteiger partial charge in [0, 0.05) is 25.3 Å². The van der Waals surface area contributed by atoms with Gasteiger partial charge in [-0.25, -0.2) is 4.98 Å². The van der Waals surface area contributed by atoms with Gasteiger partial charge in [-0.2, -0.15) is 0 Å². The van der Waals surface area contributed by atoms with Crippen LogP contribution in [0.4, 0.5) is 5.82 Å². The molecule has 0 aromatic carbocycles. The van der Waals surface area contributed by atoms with Crippen LogP contribution >= 0.6 is 24.0 Å². The van der Waals surface area contributed by atoms with Gasteiger partial charge in [-0.3, -0.25) is 28.5 Å². The second-order valence-corrected chi connectivity index (χ2v) is 10.4. The molecule has 1 N–H and O–H groups in total. The third-order valence-electron chi connectivity index (χ3n) is 6.31. The minimum Gasteiger partial charge on any atom is -0.469 e. The molecule has 0 spiro atoms. The van der Waals surface area contributed by atoms with Crippen molar-refractivity contribution in [3.05, 3.63) is 44.7 Å². The van der Waals surface area contributed by atoms with Crippen molar-refractivity contribution in [3.63, 3.8) is 0 Å². The predicted molar refractivity (Wildman–Crippen MR) is 142 cm³/mol. The Bertz CT molecular complexity index is 1350. The van der Waals surface area contributed by atoms with E-state index in [1.165, 1.54) is 17.6 Å². The average Bonchev–Trinajstić information content (AvgIpc) is 3.14. The number of hydrogen-bond donors (Lipinski definition) is 1. The van der Waals surface area contributed by atoms with Crippen LogP contribution in [0, 0.1) is 6.92 Å². The lowest BCUT2D eigenvalue weighted by Crippen LogP contribution is -2.57. The monoisotopic (exact) mass is 529 g/mol. The van der Waals surface area contributed by atoms with E-state index in [4.69, 9.17) is 21.9 Å². The number of nitrogens with zero attached hydrogens (tertiary/aromatic N) is 4. The molecule has 0 bridgehead atoms. The topological polar surface area (TPSA) is 113 Å². The molecule has 10 nitrogen and oxygen atoms in total. The fourth-order valence-corrected chi connectivity index (χ4v) is 5.62. The number of aromatic nitrogens is 2. The van der Waals surface area contributed by atoms with Crippen LogP contribution in [0.2, 0.25) is 0 Å². The first-order valence-electron chi connectivity index (χ1n) is 11.6. The number of ether oxygens (including phenoxy) is 1. The van der Waals surface area contributed by atoms with Crippen molar-refractivity contribution in [1.82, 2.24) is 19.6 Å². The number of pyridine rings is 1. The molecule has 0 saturated carbocycles. The molecule has 2 atom stereocenters. The van der Waals surface area contributed by atoms with Crippen LogP contribution in [0.5, 0.6) is 0 Å². The number of hydrogen-bond acceptors (Lipinski definition) is 9. The van der Waals surface area contributed by atoms with Gasteiger partial charge in [-0.1, -0.05) is 37.0 Å². The number of piperazine rings is 1. The highest BCUT2D eigenvalue weighted by molar-refractivity contribution is 8.26. The van der Waals surface area contributed by atoms with Crippen LogP contribution in [0.1, 0.15) is 37.8 Å². The molecule has 4 rings (SSSR count). The molecule has 12 heteroatoms. The number of amides is 2. The largest absolute Gasteiger partial charge is 0.469 e. The molecule has 2 amide bonds. The van der Waals surface area contributed by atoms with Crippen LogP contribution in [0.25, 0.3) is 11.7 Å². The summed E-state index contributed by atoms with van der Waals surface area (Å²) in [5.74, 6) is -0.985. The summed E-state index contributed by atoms with van der Waals surface area (Å²) in [5, 5.41) is 2.75. The van der Waals surface area contributed by atoms with E-state index in [-0.39, 0.29) is 35.7 Å². The molecule has 0 unspecified atom stereocenters. The summed E-state index contributed by atoms with van der Waals surface area (Å²) in [4.78, 5) is 60.0. The van der Waals surface area contributed by atoms with Crippen molar-refractivity contribution in [3.8, 4) is 0 Å². The SMILES string of the molecule is CC[C@H](C)N1C(=O)/C(=C/c2c(N3CCNC(=O)[C@@H]3CC(=O)OC)nc3ccc(C)cn3c2=O)SC1=S. The summed E-state index contributed by atoms with van der Waals surface area (Å²) >= 11 is 6.58. The molecular formula is C24H27N5O5S2. The minimum atomic E-state index is -0.923. The van der Waals surface area contributed by atoms with Crippen LogP contribution in [-0.4, -0.2) is 68.7 Å². The van der Waals surface area contributed by atoms with Crippen molar-refractivity contribution in [2.45, 2.75) is 45.7 Å². The third kappa shape index (κ3) is 4.74. The molecule has 2 fully saturated rings. The normalized spacial score (nSPS) is 20.3. The number of anilines is 1. The van der Waals surface area contributed by atoms with Gasteiger partial charge in [-0.15, -0.1) is 0 Å². The number of carbonyl (C=O) groups is 3. The molecule has 36 heavy (non-hydrogen) atoms. The number of thiocarbonyl (C=S) groups is 1. The van der Waals surface area contributed by atoms with Gasteiger partial charge in [-0.05, 0) is 38.0 Å². The highest BCUT2D eigenvalue weighted by Crippen LogP contribution is 2.35. The molecule has 0 aliphatic carbocycles. The van der Waals surface area contributed by atoms with Gasteiger partial charge < -0.3 is 15.0 Å². The second-order valence-electron chi connectivity index (χ2n) is 8.68. The number of fused-ring (bicyclic) bond motifs is 1. The van der Waals surface area contributed by atoms with E-state index < -0.39 is 17.6 Å². The van der Waals surface area contributed by atoms with Gasteiger partial charge in [0.1, 0.15) is 21.8 Å². The first-order valence-corrected chi connectivity index (χ1v) is 12.8. The van der Waals surface area contributed by atoms with E-state index in [1.54, 1.807) is 22.1 Å². The number of esters is 1. The molecular weight excluding hydrogens is 502 g/mol. The maximum atomic E-state index is 13.8. The van der Waals surface area contributed by atoms with Crippen molar-refractivity contribution in [2.24, 2.45) is 0 Å². The number of methoxy groups -OCH3 is 1. The number of carbonyl (C=O) groups excluding carboxylic acids is 3. The number of thioether (sulfide) groups is 1. The first-order chi connectivity index (χ1) is 17.2. The lowest BCUT2D eigenvalue weighted by Gasteiger charge is -2.36. The standard InChI is InChI=1S/C24H27N5O5S2/c1-5-14(3)29-23(33)17(36-24(29)35)10-15-20(26-18-7-6-13(2)12-28(18)22(15)32)27-9-8-25-21(31)16(27)11-19(30)34-4/h6-7,10,12,14,16H,5,8-9,11H2,1-4H3,(H,25,31)/b17-10-/t14-,16-/m0/s1. The molecule has 190 valence electrons. The van der Waals surface area contributed by atoms with Crippen molar-refractivity contribution < 1.29 is 19.1 Å². The highest BCUT2D eigenvalue weighted by atomic mass is 32.2. The summed E-state index contributed by atoms with van der Waals surface area (Å²) in [6.07, 6.45) is 3.68. The van der Waals surface area contributed by atoms with Crippen molar-refractivity contribution in [2.75, 3.05) is 25.1 Å². The Labute approximate surface area is 217 Å². The average molecular weight is 530 g/mol. The van der Waals surface area contributed by atoms with Crippen LogP contribution in [0.15, 0.2) is 28.0 Å². The summed E-state index contributed by atoms with van der Waals surface area (Å²) in [7, 11) is 1.25. The Morgan fingerprint density at radius 2 is 2.11 bits per heavy atom. The van der Waals surface area contributed by atoms with Gasteiger partial charge in [0.15, 0.2) is 0 Å². The van der Waals surface area contributed by atoms with E-state index in [2.05, 4.69) is 5.32 Å². The van der Waals surface area contributed by atoms with Gasteiger partial charge in [0.05, 0.1) is 24.0 Å². The van der Waals surface area contributed by atoms with Gasteiger partial charge in [0.25, 0.3) is 11.5 Å². The second kappa shape index (κ2) is 10.4. The Morgan fingerprint density at radius 3 is 2.81 bits per heavy atom. The van der Waals surface area contributed by atoms with Gasteiger partial charge in [0.2, 0.25) is 5.91 Å². The number of aryl methyl sites for hydroxylation is 1. The fourth-order valence-electron chi connectivity index (χ4n) is 4.18. The quantitative estimate of drug-likeness (QED) is 0.340. The zero-order valence-electron chi connectivity index (χ0n) is 20.4. The lowest BCUT2D eigenvalue weighted by atomic mass is 10.1. The summed E-state index contributed by atoms with van der Waals surface area (Å²) in [6, 6.07) is 2.53. The third-order valence-corrected chi connectivity index (χ3v) is 7.64. The van der Waals surface area contributed by atoms with Crippen molar-refractivity contribution in [1.29, 1.82) is 0 Å². The Hall–Kier alpha value is -3.25. The van der Waals surface area contributed by atoms with Crippen LogP contribution < -0.4 is 15.8 Å². The van der Waals surface area contributed by atoms with Crippen LogP contribution in [-0.2, 0) is 19.1 Å². The van der Waals surface area contributed by atoms with E-state index in [0.717, 1.165) is 23.7 Å². The van der Waals surface area contributed by atoms with Crippen molar-refractivity contribution >= 4 is 63.6 Å². The zero-order chi connectivity index (χ0) is 26.1. The Morgan fingerprint density at radius 1 is 1.36 bits per heavy atom. The molecule has 2 aromatic rings. The lowest BCUT2D eigenvalue weighted by molar-refractivity contribution is -0.143. The number of nitrogens with one attached hydrogen (secondary N) is 1. The minimum absolute atomic E-state index is 0.0865. The van der Waals surface area contributed by atoms with E-state index in [9.17, 15) is 19.2 Å². The Balaban J connectivity index is 1.91. The summed E-state index contributed by atoms with van der Waals surface area (Å²) in [6.45, 7) is 6.36. The number of rotatable bonds is 6. The summed E-state index contributed by atoms with van der Waals surface area (Å²) < 4.78 is 6.63. The summed E-state index contributed by atoms with van der Waals surface area (Å²) in [5.41, 5.74) is 0.990. The first kappa shape index (κ1) is 25.8. The van der Waals surface area contributed by atoms with Gasteiger partial charge >= 0.3 is 5.97 Å². The van der Waals surface area contributed by atoms with E-state index in [1.807, 2.05) is 26.8 Å². The molecule has 2 aliphatic rings. The fraction of sp³-hybridized carbons (Fsp3) is 0.417. The molecule has 2 aromatic heterocycles. The van der Waals surface area contributed by atoms with E-state index in [0.29, 0.717) is 28.0 Å². The molecule has 4 heterocycles. The maximum Gasteiger partial charge on any atom is 0.308 e. The predicted octanol–water partition coefficient (Wildman–Crippen LogP) is 1.87. The molecule has 2 aliphatic heterocycles. The highest BCUT2D eigenvalue weighted by Gasteiger charge is 2.37. The molecule has 0 radical (unpaired) electrons. The zero-order valence-corrected chi connectivity index (χ0v) is 22.1. The smallest absolute Gasteiger partial charge is 0.308 e. The molecule has 2 saturated heterocycles.